The van der Waals surface area contributed by atoms with Gasteiger partial charge in [0.1, 0.15) is 0 Å². The molecule has 0 aliphatic heterocycles. The lowest BCUT2D eigenvalue weighted by molar-refractivity contribution is -0.127. The zero-order valence-corrected chi connectivity index (χ0v) is 14.3. The Kier molecular flexibility index (Phi) is 7.13. The first kappa shape index (κ1) is 18.7. The summed E-state index contributed by atoms with van der Waals surface area (Å²) in [6.07, 6.45) is 0. The van der Waals surface area contributed by atoms with Crippen LogP contribution in [0.3, 0.4) is 0 Å². The molecule has 122 valence electrons. The van der Waals surface area contributed by atoms with E-state index >= 15 is 0 Å². The number of halogens is 2. The number of hydrogen-bond acceptors (Lipinski definition) is 3. The number of carbonyl (C=O) groups excluding carboxylic acids is 2. The molecule has 0 fully saturated rings. The fourth-order valence-corrected chi connectivity index (χ4v) is 2.05. The summed E-state index contributed by atoms with van der Waals surface area (Å²) < 4.78 is 0. The van der Waals surface area contributed by atoms with Gasteiger partial charge in [0.05, 0.1) is 28.7 Å². The molecule has 1 unspecified atom stereocenters. The third-order valence-electron chi connectivity index (χ3n) is 3.27. The summed E-state index contributed by atoms with van der Waals surface area (Å²) in [5.74, 6) is -0.631. The van der Waals surface area contributed by atoms with Crippen LogP contribution in [0.4, 0.5) is 0 Å². The van der Waals surface area contributed by atoms with E-state index in [1.807, 2.05) is 20.8 Å². The molecule has 0 aliphatic carbocycles. The molecular formula is C15H21Cl2N3O2. The average molecular weight is 346 g/mol. The second kappa shape index (κ2) is 8.36. The zero-order chi connectivity index (χ0) is 16.9. The molecule has 5 nitrogen and oxygen atoms in total. The van der Waals surface area contributed by atoms with Crippen LogP contribution in [0.5, 0.6) is 0 Å². The molecule has 0 radical (unpaired) electrons. The number of nitrogens with two attached hydrogens (primary N) is 1. The molecule has 1 aromatic rings. The number of nitrogens with one attached hydrogen (secondary N) is 2. The van der Waals surface area contributed by atoms with Crippen molar-refractivity contribution in [1.82, 2.24) is 10.6 Å². The van der Waals surface area contributed by atoms with E-state index < -0.39 is 6.04 Å². The smallest absolute Gasteiger partial charge is 0.239 e. The molecule has 7 heteroatoms. The second-order valence-electron chi connectivity index (χ2n) is 5.45. The summed E-state index contributed by atoms with van der Waals surface area (Å²) in [5.41, 5.74) is 6.53. The maximum Gasteiger partial charge on any atom is 0.239 e. The summed E-state index contributed by atoms with van der Waals surface area (Å²) in [4.78, 5) is 23.5. The molecule has 0 spiro atoms. The lowest BCUT2D eigenvalue weighted by Gasteiger charge is -2.17. The molecule has 0 bridgehead atoms. The molecule has 4 N–H and O–H groups in total. The molecule has 2 atom stereocenters. The van der Waals surface area contributed by atoms with E-state index in [0.29, 0.717) is 10.0 Å². The fourth-order valence-electron chi connectivity index (χ4n) is 1.75. The first-order chi connectivity index (χ1) is 10.2. The van der Waals surface area contributed by atoms with Crippen LogP contribution in [0.25, 0.3) is 0 Å². The molecule has 2 amide bonds. The van der Waals surface area contributed by atoms with Crippen molar-refractivity contribution < 1.29 is 9.59 Å². The van der Waals surface area contributed by atoms with Gasteiger partial charge in [-0.15, -0.1) is 0 Å². The van der Waals surface area contributed by atoms with Crippen molar-refractivity contribution in [2.75, 3.05) is 6.54 Å². The normalized spacial score (nSPS) is 13.6. The molecule has 22 heavy (non-hydrogen) atoms. The predicted octanol–water partition coefficient (Wildman–Crippen LogP) is 2.27. The van der Waals surface area contributed by atoms with E-state index in [1.165, 1.54) is 0 Å². The molecule has 0 aromatic heterocycles. The van der Waals surface area contributed by atoms with Crippen LogP contribution in [-0.2, 0) is 9.59 Å². The molecule has 0 heterocycles. The first-order valence-corrected chi connectivity index (χ1v) is 7.75. The third kappa shape index (κ3) is 5.48. The highest BCUT2D eigenvalue weighted by Crippen LogP contribution is 2.25. The van der Waals surface area contributed by atoms with Crippen molar-refractivity contribution >= 4 is 35.0 Å². The van der Waals surface area contributed by atoms with Crippen molar-refractivity contribution in [3.05, 3.63) is 33.8 Å². The van der Waals surface area contributed by atoms with Crippen molar-refractivity contribution in [1.29, 1.82) is 0 Å². The van der Waals surface area contributed by atoms with Gasteiger partial charge in [-0.2, -0.15) is 0 Å². The van der Waals surface area contributed by atoms with Gasteiger partial charge < -0.3 is 16.4 Å². The predicted molar refractivity (Wildman–Crippen MR) is 88.8 cm³/mol. The Balaban J connectivity index is 2.51. The van der Waals surface area contributed by atoms with Gasteiger partial charge in [-0.05, 0) is 30.5 Å². The van der Waals surface area contributed by atoms with E-state index in [9.17, 15) is 9.59 Å². The van der Waals surface area contributed by atoms with Gasteiger partial charge in [-0.25, -0.2) is 0 Å². The van der Waals surface area contributed by atoms with Crippen LogP contribution in [0.1, 0.15) is 32.4 Å². The minimum absolute atomic E-state index is 0.0122. The second-order valence-corrected chi connectivity index (χ2v) is 6.26. The van der Waals surface area contributed by atoms with Crippen LogP contribution in [-0.4, -0.2) is 24.4 Å². The molecule has 1 rings (SSSR count). The molecule has 0 saturated carbocycles. The van der Waals surface area contributed by atoms with Gasteiger partial charge in [0.15, 0.2) is 0 Å². The summed E-state index contributed by atoms with van der Waals surface area (Å²) in [6.45, 7) is 5.39. The topological polar surface area (TPSA) is 84.2 Å². The highest BCUT2D eigenvalue weighted by molar-refractivity contribution is 6.42. The Labute approximate surface area is 140 Å². The molecular weight excluding hydrogens is 325 g/mol. The standard InChI is InChI=1S/C15H21Cl2N3O2/c1-8(2)14(18)15(22)19-7-13(21)20-9(3)10-4-5-11(16)12(17)6-10/h4-6,8-9,14H,7,18H2,1-3H3,(H,19,22)(H,20,21)/t9?,14-/m0/s1. The van der Waals surface area contributed by atoms with Crippen molar-refractivity contribution in [2.45, 2.75) is 32.9 Å². The minimum atomic E-state index is -0.625. The Bertz CT molecular complexity index is 550. The van der Waals surface area contributed by atoms with Crippen LogP contribution >= 0.6 is 23.2 Å². The molecule has 0 saturated heterocycles. The average Bonchev–Trinajstić information content (AvgIpc) is 2.46. The summed E-state index contributed by atoms with van der Waals surface area (Å²) in [7, 11) is 0. The van der Waals surface area contributed by atoms with Crippen LogP contribution < -0.4 is 16.4 Å². The Hall–Kier alpha value is -1.30. The molecule has 0 aliphatic rings. The summed E-state index contributed by atoms with van der Waals surface area (Å²) in [5, 5.41) is 6.17. The highest BCUT2D eigenvalue weighted by Gasteiger charge is 2.18. The Morgan fingerprint density at radius 1 is 1.18 bits per heavy atom. The molecule has 1 aromatic carbocycles. The van der Waals surface area contributed by atoms with E-state index in [-0.39, 0.29) is 30.3 Å². The van der Waals surface area contributed by atoms with Gasteiger partial charge >= 0.3 is 0 Å². The van der Waals surface area contributed by atoms with Gasteiger partial charge in [0, 0.05) is 0 Å². The van der Waals surface area contributed by atoms with Crippen molar-refractivity contribution in [3.8, 4) is 0 Å². The van der Waals surface area contributed by atoms with E-state index in [1.54, 1.807) is 18.2 Å². The number of carbonyl (C=O) groups is 2. The summed E-state index contributed by atoms with van der Waals surface area (Å²) in [6, 6.07) is 4.28. The maximum absolute atomic E-state index is 11.8. The maximum atomic E-state index is 11.8. The minimum Gasteiger partial charge on any atom is -0.348 e. The Morgan fingerprint density at radius 3 is 2.36 bits per heavy atom. The highest BCUT2D eigenvalue weighted by atomic mass is 35.5. The van der Waals surface area contributed by atoms with Gasteiger partial charge in [-0.3, -0.25) is 9.59 Å². The number of benzene rings is 1. The van der Waals surface area contributed by atoms with E-state index in [0.717, 1.165) is 5.56 Å². The Morgan fingerprint density at radius 2 is 1.82 bits per heavy atom. The van der Waals surface area contributed by atoms with Crippen LogP contribution in [0.15, 0.2) is 18.2 Å². The number of rotatable bonds is 6. The van der Waals surface area contributed by atoms with Crippen LogP contribution in [0.2, 0.25) is 10.0 Å². The van der Waals surface area contributed by atoms with Gasteiger partial charge in [0.2, 0.25) is 11.8 Å². The van der Waals surface area contributed by atoms with E-state index in [2.05, 4.69) is 10.6 Å². The third-order valence-corrected chi connectivity index (χ3v) is 4.00. The van der Waals surface area contributed by atoms with Crippen molar-refractivity contribution in [3.63, 3.8) is 0 Å². The summed E-state index contributed by atoms with van der Waals surface area (Å²) >= 11 is 11.8. The first-order valence-electron chi connectivity index (χ1n) is 7.00. The zero-order valence-electron chi connectivity index (χ0n) is 12.8. The largest absolute Gasteiger partial charge is 0.348 e. The van der Waals surface area contributed by atoms with E-state index in [4.69, 9.17) is 28.9 Å². The quantitative estimate of drug-likeness (QED) is 0.739. The number of hydrogen-bond donors (Lipinski definition) is 3. The SMILES string of the molecule is CC(NC(=O)CNC(=O)[C@@H](N)C(C)C)c1ccc(Cl)c(Cl)c1. The lowest BCUT2D eigenvalue weighted by Crippen LogP contribution is -2.47. The number of amides is 2. The lowest BCUT2D eigenvalue weighted by atomic mass is 10.1. The van der Waals surface area contributed by atoms with Gasteiger partial charge in [-0.1, -0.05) is 43.1 Å². The van der Waals surface area contributed by atoms with Crippen molar-refractivity contribution in [2.24, 2.45) is 11.7 Å². The van der Waals surface area contributed by atoms with Gasteiger partial charge in [0.25, 0.3) is 0 Å². The van der Waals surface area contributed by atoms with Crippen LogP contribution in [0, 0.1) is 5.92 Å². The monoisotopic (exact) mass is 345 g/mol. The fraction of sp³-hybridized carbons (Fsp3) is 0.467.